The molecule has 132 valence electrons. The van der Waals surface area contributed by atoms with Crippen LogP contribution in [0, 0.1) is 0 Å². The topological polar surface area (TPSA) is 69.6 Å². The van der Waals surface area contributed by atoms with Crippen molar-refractivity contribution in [3.05, 3.63) is 65.9 Å². The van der Waals surface area contributed by atoms with Gasteiger partial charge in [0.05, 0.1) is 18.0 Å². The number of unbranched alkanes of at least 4 members (excludes halogenated alkanes) is 1. The quantitative estimate of drug-likeness (QED) is 0.829. The van der Waals surface area contributed by atoms with E-state index in [0.717, 1.165) is 27.8 Å². The Hall–Kier alpha value is -2.31. The largest absolute Gasteiger partial charge is 0.288 e. The lowest BCUT2D eigenvalue weighted by molar-refractivity contribution is -0.0197. The number of fused-ring (bicyclic) bond motifs is 1. The number of benzene rings is 2. The van der Waals surface area contributed by atoms with Crippen LogP contribution in [0.4, 0.5) is 0 Å². The molecule has 0 atom stereocenters. The number of rotatable bonds is 6. The Balaban J connectivity index is 1.89. The summed E-state index contributed by atoms with van der Waals surface area (Å²) in [6, 6.07) is 13.9. The van der Waals surface area contributed by atoms with Gasteiger partial charge in [-0.2, -0.15) is 0 Å². The molecule has 0 spiro atoms. The molecule has 0 saturated heterocycles. The second-order valence-corrected chi connectivity index (χ2v) is 7.94. The van der Waals surface area contributed by atoms with Gasteiger partial charge in [-0.25, -0.2) is 8.42 Å². The van der Waals surface area contributed by atoms with Gasteiger partial charge in [0.15, 0.2) is 0 Å². The predicted octanol–water partition coefficient (Wildman–Crippen LogP) is 3.49. The number of hydrogen-bond acceptors (Lipinski definition) is 4. The maximum atomic E-state index is 12.0. The molecular formula is C19H22N2O3S. The minimum atomic E-state index is -3.37. The third-order valence-electron chi connectivity index (χ3n) is 4.16. The first-order valence-electron chi connectivity index (χ1n) is 8.36. The van der Waals surface area contributed by atoms with E-state index in [1.807, 2.05) is 49.4 Å². The van der Waals surface area contributed by atoms with Crippen molar-refractivity contribution < 1.29 is 13.6 Å². The van der Waals surface area contributed by atoms with Crippen molar-refractivity contribution in [3.63, 3.8) is 0 Å². The molecule has 5 nitrogen and oxygen atoms in total. The Kier molecular flexibility index (Phi) is 5.11. The van der Waals surface area contributed by atoms with Crippen molar-refractivity contribution in [1.29, 1.82) is 0 Å². The number of hydroxylamine groups is 2. The zero-order valence-electron chi connectivity index (χ0n) is 14.1. The number of nitrogens with zero attached hydrogens (tertiary/aromatic N) is 1. The van der Waals surface area contributed by atoms with Crippen molar-refractivity contribution in [2.75, 3.05) is 12.3 Å². The smallest absolute Gasteiger partial charge is 0.232 e. The van der Waals surface area contributed by atoms with Crippen LogP contribution in [0.5, 0.6) is 0 Å². The Morgan fingerprint density at radius 2 is 1.88 bits per heavy atom. The van der Waals surface area contributed by atoms with Gasteiger partial charge in [-0.1, -0.05) is 55.8 Å². The van der Waals surface area contributed by atoms with E-state index < -0.39 is 10.0 Å². The minimum Gasteiger partial charge on any atom is -0.288 e. The predicted molar refractivity (Wildman–Crippen MR) is 100 cm³/mol. The molecule has 1 heterocycles. The highest BCUT2D eigenvalue weighted by Crippen LogP contribution is 2.29. The molecule has 1 aliphatic rings. The maximum Gasteiger partial charge on any atom is 0.232 e. The molecule has 2 N–H and O–H groups in total. The number of allylic oxidation sites excluding steroid dienone is 2. The van der Waals surface area contributed by atoms with Crippen LogP contribution in [0.25, 0.3) is 16.5 Å². The van der Waals surface area contributed by atoms with Crippen LogP contribution in [0.2, 0.25) is 0 Å². The highest BCUT2D eigenvalue weighted by molar-refractivity contribution is 7.89. The molecule has 0 amide bonds. The van der Waals surface area contributed by atoms with Crippen LogP contribution in [0.3, 0.4) is 0 Å². The first-order chi connectivity index (χ1) is 12.0. The van der Waals surface area contributed by atoms with Gasteiger partial charge in [0.2, 0.25) is 10.0 Å². The molecule has 0 unspecified atom stereocenters. The standard InChI is InChI=1S/C19H22N2O3S/c1-2-3-13-25(23,24)20-16-11-12-19(21(22)14-16)18-10-6-8-15-7-4-5-9-17(15)18/h4-12,20,22H,2-3,13-14H2,1H3. The summed E-state index contributed by atoms with van der Waals surface area (Å²) in [6.07, 6.45) is 4.88. The molecule has 0 aliphatic carbocycles. The van der Waals surface area contributed by atoms with Crippen molar-refractivity contribution in [2.45, 2.75) is 19.8 Å². The molecule has 0 fully saturated rings. The average molecular weight is 358 g/mol. The van der Waals surface area contributed by atoms with E-state index in [-0.39, 0.29) is 12.3 Å². The van der Waals surface area contributed by atoms with Gasteiger partial charge in [0, 0.05) is 11.3 Å². The summed E-state index contributed by atoms with van der Waals surface area (Å²) in [5.41, 5.74) is 2.01. The minimum absolute atomic E-state index is 0.0894. The molecule has 3 rings (SSSR count). The summed E-state index contributed by atoms with van der Waals surface area (Å²) in [4.78, 5) is 0. The Morgan fingerprint density at radius 3 is 2.64 bits per heavy atom. The lowest BCUT2D eigenvalue weighted by atomic mass is 10.0. The third-order valence-corrected chi connectivity index (χ3v) is 5.56. The molecule has 25 heavy (non-hydrogen) atoms. The van der Waals surface area contributed by atoms with Gasteiger partial charge in [0.1, 0.15) is 0 Å². The highest BCUT2D eigenvalue weighted by atomic mass is 32.2. The van der Waals surface area contributed by atoms with Crippen molar-refractivity contribution in [1.82, 2.24) is 9.79 Å². The zero-order chi connectivity index (χ0) is 17.9. The van der Waals surface area contributed by atoms with E-state index in [4.69, 9.17) is 0 Å². The van der Waals surface area contributed by atoms with E-state index in [1.165, 1.54) is 0 Å². The van der Waals surface area contributed by atoms with Gasteiger partial charge in [-0.05, 0) is 29.3 Å². The van der Waals surface area contributed by atoms with E-state index in [2.05, 4.69) is 4.72 Å². The van der Waals surface area contributed by atoms with Crippen LogP contribution in [-0.2, 0) is 10.0 Å². The van der Waals surface area contributed by atoms with Gasteiger partial charge < -0.3 is 0 Å². The normalized spacial score (nSPS) is 15.0. The molecule has 2 aromatic carbocycles. The molecule has 0 saturated carbocycles. The molecule has 1 aliphatic heterocycles. The van der Waals surface area contributed by atoms with E-state index in [9.17, 15) is 13.6 Å². The van der Waals surface area contributed by atoms with Crippen molar-refractivity contribution in [3.8, 4) is 0 Å². The summed E-state index contributed by atoms with van der Waals surface area (Å²) >= 11 is 0. The highest BCUT2D eigenvalue weighted by Gasteiger charge is 2.20. The molecule has 0 aromatic heterocycles. The second kappa shape index (κ2) is 7.29. The van der Waals surface area contributed by atoms with E-state index in [0.29, 0.717) is 17.8 Å². The van der Waals surface area contributed by atoms with Crippen LogP contribution >= 0.6 is 0 Å². The fourth-order valence-corrected chi connectivity index (χ4v) is 4.20. The van der Waals surface area contributed by atoms with Crippen LogP contribution < -0.4 is 4.72 Å². The first-order valence-corrected chi connectivity index (χ1v) is 10.0. The van der Waals surface area contributed by atoms with Crippen LogP contribution in [-0.4, -0.2) is 31.0 Å². The number of hydrogen-bond donors (Lipinski definition) is 2. The monoisotopic (exact) mass is 358 g/mol. The molecule has 2 aromatic rings. The van der Waals surface area contributed by atoms with Gasteiger partial charge in [0.25, 0.3) is 0 Å². The molecule has 0 bridgehead atoms. The first kappa shape index (κ1) is 17.5. The lowest BCUT2D eigenvalue weighted by Crippen LogP contribution is -2.33. The van der Waals surface area contributed by atoms with Gasteiger partial charge in [-0.15, -0.1) is 0 Å². The van der Waals surface area contributed by atoms with Crippen LogP contribution in [0.1, 0.15) is 25.3 Å². The number of sulfonamides is 1. The fraction of sp³-hybridized carbons (Fsp3) is 0.263. The second-order valence-electron chi connectivity index (χ2n) is 6.10. The Bertz CT molecular complexity index is 927. The average Bonchev–Trinajstić information content (AvgIpc) is 2.59. The summed E-state index contributed by atoms with van der Waals surface area (Å²) in [7, 11) is -3.37. The van der Waals surface area contributed by atoms with Crippen molar-refractivity contribution >= 4 is 26.5 Å². The number of nitrogens with one attached hydrogen (secondary N) is 1. The molecular weight excluding hydrogens is 336 g/mol. The van der Waals surface area contributed by atoms with E-state index >= 15 is 0 Å². The van der Waals surface area contributed by atoms with Gasteiger partial charge in [-0.3, -0.25) is 15.0 Å². The summed E-state index contributed by atoms with van der Waals surface area (Å²) in [6.45, 7) is 2.05. The summed E-state index contributed by atoms with van der Waals surface area (Å²) < 4.78 is 26.6. The molecule has 0 radical (unpaired) electrons. The zero-order valence-corrected chi connectivity index (χ0v) is 15.0. The summed E-state index contributed by atoms with van der Waals surface area (Å²) in [5, 5.41) is 13.6. The maximum absolute atomic E-state index is 12.0. The third kappa shape index (κ3) is 4.03. The Labute approximate surface area is 148 Å². The fourth-order valence-electron chi connectivity index (χ4n) is 2.89. The van der Waals surface area contributed by atoms with Gasteiger partial charge >= 0.3 is 0 Å². The lowest BCUT2D eigenvalue weighted by Gasteiger charge is -2.26. The van der Waals surface area contributed by atoms with E-state index in [1.54, 1.807) is 12.2 Å². The Morgan fingerprint density at radius 1 is 1.12 bits per heavy atom. The SMILES string of the molecule is CCCCS(=O)(=O)NC1=CC=C(c2cccc3ccccc23)N(O)C1. The summed E-state index contributed by atoms with van der Waals surface area (Å²) in [5.74, 6) is 0.0894. The van der Waals surface area contributed by atoms with Crippen LogP contribution in [0.15, 0.2) is 60.3 Å². The molecule has 6 heteroatoms. The van der Waals surface area contributed by atoms with Crippen molar-refractivity contribution in [2.24, 2.45) is 0 Å².